The second-order valence-corrected chi connectivity index (χ2v) is 4.79. The van der Waals surface area contributed by atoms with Crippen LogP contribution in [0.5, 0.6) is 0 Å². The monoisotopic (exact) mass is 294 g/mol. The number of alkyl halides is 1. The Morgan fingerprint density at radius 3 is 2.62 bits per heavy atom. The van der Waals surface area contributed by atoms with Crippen LogP contribution in [0.4, 0.5) is 5.13 Å². The van der Waals surface area contributed by atoms with Gasteiger partial charge in [0.2, 0.25) is 0 Å². The molecule has 0 spiro atoms. The molecule has 0 saturated heterocycles. The number of nitrogens with zero attached hydrogens (tertiary/aromatic N) is 1. The minimum Gasteiger partial charge on any atom is -0.375 e. The number of hydrogen-bond acceptors (Lipinski definition) is 3. The van der Waals surface area contributed by atoms with E-state index in [2.05, 4.69) is 57.3 Å². The van der Waals surface area contributed by atoms with E-state index in [4.69, 9.17) is 5.73 Å². The van der Waals surface area contributed by atoms with Crippen molar-refractivity contribution in [3.63, 3.8) is 0 Å². The average Bonchev–Trinajstić information content (AvgIpc) is 2.74. The van der Waals surface area contributed by atoms with Crippen LogP contribution >= 0.6 is 27.3 Å². The largest absolute Gasteiger partial charge is 0.375 e. The van der Waals surface area contributed by atoms with Crippen molar-refractivity contribution in [2.75, 3.05) is 11.1 Å². The summed E-state index contributed by atoms with van der Waals surface area (Å²) in [7, 11) is 0. The molecule has 0 aliphatic heterocycles. The van der Waals surface area contributed by atoms with Crippen molar-refractivity contribution in [3.05, 3.63) is 41.3 Å². The Balaban J connectivity index is 2.22. The second kappa shape index (κ2) is 5.27. The van der Waals surface area contributed by atoms with E-state index in [1.165, 1.54) is 16.9 Å². The molecule has 82 valence electrons. The topological polar surface area (TPSA) is 38.9 Å². The van der Waals surface area contributed by atoms with E-state index in [-0.39, 0.29) is 0 Å². The lowest BCUT2D eigenvalue weighted by atomic mass is 10.1. The van der Waals surface area contributed by atoms with Crippen molar-refractivity contribution in [2.45, 2.75) is 0 Å². The molecular formula is C12H11BrN2S. The van der Waals surface area contributed by atoms with E-state index in [9.17, 15) is 0 Å². The first kappa shape index (κ1) is 11.4. The highest BCUT2D eigenvalue weighted by Crippen LogP contribution is 2.23. The third kappa shape index (κ3) is 2.71. The SMILES string of the molecule is Nc1nc(-c2ccc(C=CCBr)cc2)cs1. The lowest BCUT2D eigenvalue weighted by Gasteiger charge is -1.97. The van der Waals surface area contributed by atoms with Gasteiger partial charge >= 0.3 is 0 Å². The van der Waals surface area contributed by atoms with E-state index < -0.39 is 0 Å². The van der Waals surface area contributed by atoms with Gasteiger partial charge in [-0.15, -0.1) is 11.3 Å². The Hall–Kier alpha value is -1.13. The van der Waals surface area contributed by atoms with E-state index in [1.54, 1.807) is 0 Å². The molecule has 0 atom stereocenters. The molecule has 1 aromatic carbocycles. The Morgan fingerprint density at radius 1 is 1.31 bits per heavy atom. The van der Waals surface area contributed by atoms with Crippen molar-refractivity contribution in [2.24, 2.45) is 0 Å². The molecule has 16 heavy (non-hydrogen) atoms. The highest BCUT2D eigenvalue weighted by Gasteiger charge is 2.01. The number of nitrogens with two attached hydrogens (primary N) is 1. The van der Waals surface area contributed by atoms with Crippen LogP contribution in [0.15, 0.2) is 35.7 Å². The number of halogens is 1. The summed E-state index contributed by atoms with van der Waals surface area (Å²) in [4.78, 5) is 4.24. The maximum Gasteiger partial charge on any atom is 0.180 e. The van der Waals surface area contributed by atoms with Crippen LogP contribution in [0.2, 0.25) is 0 Å². The van der Waals surface area contributed by atoms with Crippen LogP contribution in [0.1, 0.15) is 5.56 Å². The zero-order chi connectivity index (χ0) is 11.4. The third-order valence-corrected chi connectivity index (χ3v) is 3.18. The maximum absolute atomic E-state index is 5.60. The number of hydrogen-bond donors (Lipinski definition) is 1. The summed E-state index contributed by atoms with van der Waals surface area (Å²) in [5, 5.41) is 3.45. The Kier molecular flexibility index (Phi) is 3.74. The zero-order valence-electron chi connectivity index (χ0n) is 8.56. The standard InChI is InChI=1S/C12H11BrN2S/c13-7-1-2-9-3-5-10(6-4-9)11-8-16-12(14)15-11/h1-6,8H,7H2,(H2,14,15). The number of nitrogen functional groups attached to an aromatic ring is 1. The molecule has 0 unspecified atom stereocenters. The van der Waals surface area contributed by atoms with Gasteiger partial charge in [0, 0.05) is 16.3 Å². The minimum absolute atomic E-state index is 0.610. The van der Waals surface area contributed by atoms with Crippen LogP contribution in [-0.2, 0) is 0 Å². The Bertz CT molecular complexity index is 488. The van der Waals surface area contributed by atoms with Crippen LogP contribution in [0.3, 0.4) is 0 Å². The molecule has 0 aliphatic carbocycles. The van der Waals surface area contributed by atoms with Crippen LogP contribution in [0.25, 0.3) is 17.3 Å². The van der Waals surface area contributed by atoms with Crippen molar-refractivity contribution < 1.29 is 0 Å². The number of thiazole rings is 1. The van der Waals surface area contributed by atoms with E-state index in [0.717, 1.165) is 16.6 Å². The maximum atomic E-state index is 5.60. The van der Waals surface area contributed by atoms with E-state index in [1.807, 2.05) is 5.38 Å². The van der Waals surface area contributed by atoms with Crippen molar-refractivity contribution in [1.82, 2.24) is 4.98 Å². The summed E-state index contributed by atoms with van der Waals surface area (Å²) in [5.41, 5.74) is 8.83. The predicted octanol–water partition coefficient (Wildman–Crippen LogP) is 3.80. The van der Waals surface area contributed by atoms with Crippen LogP contribution < -0.4 is 5.73 Å². The Morgan fingerprint density at radius 2 is 2.06 bits per heavy atom. The summed E-state index contributed by atoms with van der Waals surface area (Å²) in [6, 6.07) is 8.26. The summed E-state index contributed by atoms with van der Waals surface area (Å²) >= 11 is 4.82. The quantitative estimate of drug-likeness (QED) is 0.875. The van der Waals surface area contributed by atoms with Gasteiger partial charge in [0.05, 0.1) is 5.69 Å². The zero-order valence-corrected chi connectivity index (χ0v) is 11.0. The predicted molar refractivity (Wildman–Crippen MR) is 74.8 cm³/mol. The minimum atomic E-state index is 0.610. The summed E-state index contributed by atoms with van der Waals surface area (Å²) in [5.74, 6) is 0. The average molecular weight is 295 g/mol. The van der Waals surface area contributed by atoms with Gasteiger partial charge < -0.3 is 5.73 Å². The molecular weight excluding hydrogens is 284 g/mol. The van der Waals surface area contributed by atoms with Gasteiger partial charge in [-0.25, -0.2) is 4.98 Å². The molecule has 0 radical (unpaired) electrons. The molecule has 2 rings (SSSR count). The molecule has 2 N–H and O–H groups in total. The Labute approximate surface area is 107 Å². The van der Waals surface area contributed by atoms with Gasteiger partial charge in [0.25, 0.3) is 0 Å². The molecule has 0 amide bonds. The van der Waals surface area contributed by atoms with Crippen molar-refractivity contribution in [1.29, 1.82) is 0 Å². The molecule has 2 nitrogen and oxygen atoms in total. The van der Waals surface area contributed by atoms with Gasteiger partial charge in [-0.3, -0.25) is 0 Å². The first-order chi connectivity index (χ1) is 7.79. The molecule has 1 heterocycles. The van der Waals surface area contributed by atoms with Gasteiger partial charge in [-0.2, -0.15) is 0 Å². The van der Waals surface area contributed by atoms with E-state index >= 15 is 0 Å². The lowest BCUT2D eigenvalue weighted by Crippen LogP contribution is -1.83. The number of aromatic nitrogens is 1. The number of rotatable bonds is 3. The number of benzene rings is 1. The van der Waals surface area contributed by atoms with Gasteiger partial charge in [-0.05, 0) is 5.56 Å². The third-order valence-electron chi connectivity index (χ3n) is 2.13. The summed E-state index contributed by atoms with van der Waals surface area (Å²) < 4.78 is 0. The second-order valence-electron chi connectivity index (χ2n) is 3.25. The van der Waals surface area contributed by atoms with Crippen LogP contribution in [0, 0.1) is 0 Å². The highest BCUT2D eigenvalue weighted by atomic mass is 79.9. The fourth-order valence-electron chi connectivity index (χ4n) is 1.37. The number of anilines is 1. The van der Waals surface area contributed by atoms with Crippen molar-refractivity contribution in [3.8, 4) is 11.3 Å². The van der Waals surface area contributed by atoms with Gasteiger partial charge in [0.1, 0.15) is 0 Å². The fourth-order valence-corrected chi connectivity index (χ4v) is 2.12. The normalized spacial score (nSPS) is 11.1. The molecule has 4 heteroatoms. The molecule has 0 aliphatic rings. The van der Waals surface area contributed by atoms with Crippen molar-refractivity contribution >= 4 is 38.5 Å². The molecule has 2 aromatic rings. The highest BCUT2D eigenvalue weighted by molar-refractivity contribution is 9.09. The lowest BCUT2D eigenvalue weighted by molar-refractivity contribution is 1.41. The van der Waals surface area contributed by atoms with Gasteiger partial charge in [0.15, 0.2) is 5.13 Å². The fraction of sp³-hybridized carbons (Fsp3) is 0.0833. The molecule has 1 aromatic heterocycles. The molecule has 0 fully saturated rings. The number of allylic oxidation sites excluding steroid dienone is 1. The molecule has 0 bridgehead atoms. The van der Waals surface area contributed by atoms with Crippen LogP contribution in [-0.4, -0.2) is 10.3 Å². The summed E-state index contributed by atoms with van der Waals surface area (Å²) in [6.45, 7) is 0. The summed E-state index contributed by atoms with van der Waals surface area (Å²) in [6.07, 6.45) is 4.14. The first-order valence-electron chi connectivity index (χ1n) is 4.83. The smallest absolute Gasteiger partial charge is 0.180 e. The first-order valence-corrected chi connectivity index (χ1v) is 6.83. The van der Waals surface area contributed by atoms with E-state index in [0.29, 0.717) is 5.13 Å². The van der Waals surface area contributed by atoms with Gasteiger partial charge in [-0.1, -0.05) is 52.3 Å². The molecule has 0 saturated carbocycles.